The molecule has 0 saturated carbocycles. The largest absolute Gasteiger partial charge is 0.468 e. The van der Waals surface area contributed by atoms with Gasteiger partial charge in [-0.05, 0) is 76.6 Å². The molecule has 0 N–H and O–H groups in total. The van der Waals surface area contributed by atoms with E-state index in [0.717, 1.165) is 12.2 Å². The highest BCUT2D eigenvalue weighted by atomic mass is 28.4. The standard InChI is InChI=1S/C30H28O2Si/c1-33(2,3)32-19-31-28-17-16-24-21-11-5-4-10-20(21)18-27(24)30(28)29-25-14-8-6-12-22(25)23-13-7-9-15-26(23)29/h4-17,29H,18-19H2,1-3H3. The van der Waals surface area contributed by atoms with Crippen LogP contribution in [0.2, 0.25) is 19.6 Å². The van der Waals surface area contributed by atoms with Crippen molar-refractivity contribution in [1.29, 1.82) is 0 Å². The Morgan fingerprint density at radius 1 is 0.697 bits per heavy atom. The Bertz CT molecular complexity index is 1320. The van der Waals surface area contributed by atoms with E-state index in [1.807, 2.05) is 0 Å². The van der Waals surface area contributed by atoms with Crippen molar-refractivity contribution in [1.82, 2.24) is 0 Å². The number of benzene rings is 4. The first kappa shape index (κ1) is 20.5. The van der Waals surface area contributed by atoms with Crippen molar-refractivity contribution in [3.05, 3.63) is 113 Å². The molecule has 4 aromatic carbocycles. The highest BCUT2D eigenvalue weighted by molar-refractivity contribution is 6.69. The van der Waals surface area contributed by atoms with E-state index in [4.69, 9.17) is 9.16 Å². The Labute approximate surface area is 197 Å². The lowest BCUT2D eigenvalue weighted by molar-refractivity contribution is 0.112. The quantitative estimate of drug-likeness (QED) is 0.200. The van der Waals surface area contributed by atoms with Crippen LogP contribution in [-0.2, 0) is 10.8 Å². The van der Waals surface area contributed by atoms with Crippen LogP contribution < -0.4 is 4.74 Å². The van der Waals surface area contributed by atoms with E-state index in [1.54, 1.807) is 0 Å². The highest BCUT2D eigenvalue weighted by Crippen LogP contribution is 2.53. The number of hydrogen-bond acceptors (Lipinski definition) is 2. The number of ether oxygens (including phenoxy) is 1. The summed E-state index contributed by atoms with van der Waals surface area (Å²) in [4.78, 5) is 0. The maximum atomic E-state index is 6.39. The molecule has 33 heavy (non-hydrogen) atoms. The third-order valence-corrected chi connectivity index (χ3v) is 7.80. The molecule has 0 spiro atoms. The molecule has 0 bridgehead atoms. The molecular weight excluding hydrogens is 420 g/mol. The SMILES string of the molecule is C[Si](C)(C)OCOc1ccc2c(c1C1c3ccccc3-c3ccccc31)Cc1ccccc1-2. The summed E-state index contributed by atoms with van der Waals surface area (Å²) in [6.45, 7) is 6.88. The van der Waals surface area contributed by atoms with Gasteiger partial charge in [0, 0.05) is 11.5 Å². The first-order valence-corrected chi connectivity index (χ1v) is 15.1. The smallest absolute Gasteiger partial charge is 0.188 e. The van der Waals surface area contributed by atoms with Crippen LogP contribution in [0.3, 0.4) is 0 Å². The molecular formula is C30H28O2Si. The third-order valence-electron chi connectivity index (χ3n) is 6.82. The van der Waals surface area contributed by atoms with Gasteiger partial charge in [0.25, 0.3) is 0 Å². The molecule has 0 radical (unpaired) electrons. The molecule has 2 aliphatic rings. The summed E-state index contributed by atoms with van der Waals surface area (Å²) in [6.07, 6.45) is 0.938. The van der Waals surface area contributed by atoms with Gasteiger partial charge in [0.1, 0.15) is 5.75 Å². The zero-order chi connectivity index (χ0) is 22.6. The van der Waals surface area contributed by atoms with E-state index in [-0.39, 0.29) is 5.92 Å². The average molecular weight is 449 g/mol. The van der Waals surface area contributed by atoms with Crippen molar-refractivity contribution in [2.45, 2.75) is 32.0 Å². The van der Waals surface area contributed by atoms with Crippen LogP contribution in [0, 0.1) is 0 Å². The minimum absolute atomic E-state index is 0.156. The molecule has 164 valence electrons. The summed E-state index contributed by atoms with van der Waals surface area (Å²) in [7, 11) is -1.67. The minimum Gasteiger partial charge on any atom is -0.468 e. The van der Waals surface area contributed by atoms with Gasteiger partial charge in [-0.3, -0.25) is 0 Å². The van der Waals surface area contributed by atoms with Gasteiger partial charge in [0.2, 0.25) is 0 Å². The van der Waals surface area contributed by atoms with Crippen LogP contribution in [-0.4, -0.2) is 15.1 Å². The molecule has 0 amide bonds. The maximum absolute atomic E-state index is 6.39. The monoisotopic (exact) mass is 448 g/mol. The van der Waals surface area contributed by atoms with Gasteiger partial charge < -0.3 is 9.16 Å². The van der Waals surface area contributed by atoms with Crippen molar-refractivity contribution in [3.8, 4) is 28.0 Å². The molecule has 0 aromatic heterocycles. The molecule has 2 aliphatic carbocycles. The summed E-state index contributed by atoms with van der Waals surface area (Å²) in [5.74, 6) is 1.10. The molecule has 0 atom stereocenters. The van der Waals surface area contributed by atoms with E-state index >= 15 is 0 Å². The fourth-order valence-corrected chi connectivity index (χ4v) is 5.80. The third kappa shape index (κ3) is 3.43. The van der Waals surface area contributed by atoms with Crippen LogP contribution in [0.15, 0.2) is 84.9 Å². The van der Waals surface area contributed by atoms with Crippen LogP contribution in [0.25, 0.3) is 22.3 Å². The Morgan fingerprint density at radius 2 is 1.30 bits per heavy atom. The van der Waals surface area contributed by atoms with Gasteiger partial charge in [-0.25, -0.2) is 0 Å². The summed E-state index contributed by atoms with van der Waals surface area (Å²) >= 11 is 0. The fraction of sp³-hybridized carbons (Fsp3) is 0.200. The lowest BCUT2D eigenvalue weighted by Gasteiger charge is -2.24. The summed E-state index contributed by atoms with van der Waals surface area (Å²) in [5.41, 5.74) is 12.1. The van der Waals surface area contributed by atoms with E-state index in [2.05, 4.69) is 105 Å². The molecule has 2 nitrogen and oxygen atoms in total. The van der Waals surface area contributed by atoms with E-state index in [0.29, 0.717) is 6.79 Å². The number of rotatable bonds is 5. The van der Waals surface area contributed by atoms with Crippen LogP contribution in [0.4, 0.5) is 0 Å². The fourth-order valence-electron chi connectivity index (χ4n) is 5.39. The lowest BCUT2D eigenvalue weighted by Crippen LogP contribution is -2.27. The van der Waals surface area contributed by atoms with Crippen molar-refractivity contribution >= 4 is 8.32 Å². The molecule has 0 saturated heterocycles. The van der Waals surface area contributed by atoms with E-state index in [1.165, 1.54) is 50.1 Å². The first-order valence-electron chi connectivity index (χ1n) is 11.7. The molecule has 3 heteroatoms. The second-order valence-electron chi connectivity index (χ2n) is 9.96. The second-order valence-corrected chi connectivity index (χ2v) is 14.5. The molecule has 0 unspecified atom stereocenters. The van der Waals surface area contributed by atoms with Crippen molar-refractivity contribution in [2.75, 3.05) is 6.79 Å². The average Bonchev–Trinajstić information content (AvgIpc) is 3.34. The Kier molecular flexibility index (Phi) is 4.79. The predicted octanol–water partition coefficient (Wildman–Crippen LogP) is 7.61. The van der Waals surface area contributed by atoms with Gasteiger partial charge in [0.15, 0.2) is 15.1 Å². The summed E-state index contributed by atoms with van der Waals surface area (Å²) in [6, 6.07) is 30.8. The zero-order valence-corrected chi connectivity index (χ0v) is 20.4. The topological polar surface area (TPSA) is 18.5 Å². The Balaban J connectivity index is 1.55. The van der Waals surface area contributed by atoms with Crippen LogP contribution in [0.5, 0.6) is 5.75 Å². The van der Waals surface area contributed by atoms with E-state index in [9.17, 15) is 0 Å². The molecule has 0 aliphatic heterocycles. The number of fused-ring (bicyclic) bond motifs is 6. The number of hydrogen-bond donors (Lipinski definition) is 0. The minimum atomic E-state index is -1.67. The van der Waals surface area contributed by atoms with Gasteiger partial charge in [-0.15, -0.1) is 0 Å². The van der Waals surface area contributed by atoms with Crippen LogP contribution in [0.1, 0.15) is 33.7 Å². The van der Waals surface area contributed by atoms with Gasteiger partial charge in [0.05, 0.1) is 0 Å². The Morgan fingerprint density at radius 3 is 1.97 bits per heavy atom. The normalized spacial score (nSPS) is 13.9. The first-order chi connectivity index (χ1) is 16.0. The summed E-state index contributed by atoms with van der Waals surface area (Å²) in [5, 5.41) is 0. The van der Waals surface area contributed by atoms with Crippen molar-refractivity contribution in [3.63, 3.8) is 0 Å². The van der Waals surface area contributed by atoms with Crippen molar-refractivity contribution in [2.24, 2.45) is 0 Å². The molecule has 0 fully saturated rings. The van der Waals surface area contributed by atoms with Gasteiger partial charge in [-0.2, -0.15) is 0 Å². The highest BCUT2D eigenvalue weighted by Gasteiger charge is 2.35. The molecule has 4 aromatic rings. The van der Waals surface area contributed by atoms with Crippen molar-refractivity contribution < 1.29 is 9.16 Å². The molecule has 0 heterocycles. The molecule has 6 rings (SSSR count). The van der Waals surface area contributed by atoms with Crippen LogP contribution >= 0.6 is 0 Å². The predicted molar refractivity (Wildman–Crippen MR) is 137 cm³/mol. The van der Waals surface area contributed by atoms with Gasteiger partial charge >= 0.3 is 0 Å². The van der Waals surface area contributed by atoms with E-state index < -0.39 is 8.32 Å². The lowest BCUT2D eigenvalue weighted by atomic mass is 9.84. The summed E-state index contributed by atoms with van der Waals surface area (Å²) < 4.78 is 12.5. The van der Waals surface area contributed by atoms with Gasteiger partial charge in [-0.1, -0.05) is 78.9 Å². The zero-order valence-electron chi connectivity index (χ0n) is 19.4. The maximum Gasteiger partial charge on any atom is 0.188 e. The second kappa shape index (κ2) is 7.72. The Hall–Kier alpha value is -3.14.